The molecule has 4 nitrogen and oxygen atoms in total. The van der Waals surface area contributed by atoms with Gasteiger partial charge in [-0.3, -0.25) is 4.79 Å². The lowest BCUT2D eigenvalue weighted by molar-refractivity contribution is 0.0950. The first-order chi connectivity index (χ1) is 10.8. The maximum atomic E-state index is 12.4. The maximum Gasteiger partial charge on any atom is 0.253 e. The summed E-state index contributed by atoms with van der Waals surface area (Å²) in [4.78, 5) is 16.0. The highest BCUT2D eigenvalue weighted by Gasteiger charge is 2.18. The highest BCUT2D eigenvalue weighted by molar-refractivity contribution is 6.06. The van der Waals surface area contributed by atoms with Crippen molar-refractivity contribution in [3.05, 3.63) is 35.0 Å². The van der Waals surface area contributed by atoms with Crippen LogP contribution in [0.2, 0.25) is 0 Å². The molecule has 1 heterocycles. The molecule has 3 rings (SSSR count). The van der Waals surface area contributed by atoms with E-state index in [0.717, 1.165) is 30.3 Å². The molecule has 1 aromatic carbocycles. The first kappa shape index (κ1) is 15.1. The number of nitrogens with one attached hydrogen (secondary N) is 2. The number of H-pyrrole nitrogens is 1. The van der Waals surface area contributed by atoms with E-state index in [-0.39, 0.29) is 5.91 Å². The van der Waals surface area contributed by atoms with Gasteiger partial charge in [0.1, 0.15) is 0 Å². The summed E-state index contributed by atoms with van der Waals surface area (Å²) < 4.78 is 5.01. The van der Waals surface area contributed by atoms with Gasteiger partial charge in [0.05, 0.1) is 11.1 Å². The number of methoxy groups -OCH3 is 1. The number of hydrogen-bond acceptors (Lipinski definition) is 2. The van der Waals surface area contributed by atoms with Crippen molar-refractivity contribution < 1.29 is 9.53 Å². The van der Waals surface area contributed by atoms with Crippen LogP contribution in [0.3, 0.4) is 0 Å². The van der Waals surface area contributed by atoms with Gasteiger partial charge in [0.15, 0.2) is 0 Å². The number of benzene rings is 1. The van der Waals surface area contributed by atoms with Gasteiger partial charge in [0.2, 0.25) is 0 Å². The number of carbonyl (C=O) groups is 1. The Balaban J connectivity index is 1.86. The molecule has 0 saturated carbocycles. The standard InChI is InChI=1S/C18H24N2O2/c1-22-12-6-11-19-18(21)15-9-5-8-14-13-7-3-2-4-10-16(13)20-17(14)15/h5,8-9,20H,2-4,6-7,10-12H2,1H3,(H,19,21). The monoisotopic (exact) mass is 300 g/mol. The van der Waals surface area contributed by atoms with E-state index in [4.69, 9.17) is 4.74 Å². The fourth-order valence-corrected chi connectivity index (χ4v) is 3.31. The van der Waals surface area contributed by atoms with Crippen LogP contribution in [0.25, 0.3) is 10.9 Å². The first-order valence-corrected chi connectivity index (χ1v) is 8.21. The minimum Gasteiger partial charge on any atom is -0.385 e. The molecule has 4 heteroatoms. The normalized spacial score (nSPS) is 14.6. The second-order valence-electron chi connectivity index (χ2n) is 5.97. The highest BCUT2D eigenvalue weighted by atomic mass is 16.5. The molecule has 1 aromatic heterocycles. The molecular formula is C18H24N2O2. The number of carbonyl (C=O) groups excluding carboxylic acids is 1. The summed E-state index contributed by atoms with van der Waals surface area (Å²) in [5.74, 6) is -0.00175. The van der Waals surface area contributed by atoms with Gasteiger partial charge in [-0.25, -0.2) is 0 Å². The molecule has 0 bridgehead atoms. The number of aryl methyl sites for hydroxylation is 2. The molecule has 1 aliphatic rings. The molecule has 22 heavy (non-hydrogen) atoms. The molecule has 1 aliphatic carbocycles. The zero-order valence-electron chi connectivity index (χ0n) is 13.2. The summed E-state index contributed by atoms with van der Waals surface area (Å²) in [6.07, 6.45) is 6.82. The van der Waals surface area contributed by atoms with Crippen molar-refractivity contribution in [1.29, 1.82) is 0 Å². The molecule has 0 radical (unpaired) electrons. The van der Waals surface area contributed by atoms with Crippen molar-refractivity contribution in [3.8, 4) is 0 Å². The number of ether oxygens (including phenoxy) is 1. The minimum atomic E-state index is -0.00175. The second-order valence-corrected chi connectivity index (χ2v) is 5.97. The van der Waals surface area contributed by atoms with E-state index in [0.29, 0.717) is 13.2 Å². The Bertz CT molecular complexity index is 660. The Morgan fingerprint density at radius 1 is 1.27 bits per heavy atom. The van der Waals surface area contributed by atoms with Gasteiger partial charge in [-0.15, -0.1) is 0 Å². The van der Waals surface area contributed by atoms with Gasteiger partial charge in [0, 0.05) is 31.3 Å². The Labute approximate surface area is 131 Å². The van der Waals surface area contributed by atoms with Gasteiger partial charge in [-0.05, 0) is 43.7 Å². The highest BCUT2D eigenvalue weighted by Crippen LogP contribution is 2.30. The molecule has 0 atom stereocenters. The summed E-state index contributed by atoms with van der Waals surface area (Å²) >= 11 is 0. The van der Waals surface area contributed by atoms with Gasteiger partial charge >= 0.3 is 0 Å². The molecule has 0 saturated heterocycles. The summed E-state index contributed by atoms with van der Waals surface area (Å²) in [7, 11) is 1.68. The Morgan fingerprint density at radius 3 is 3.00 bits per heavy atom. The van der Waals surface area contributed by atoms with Gasteiger partial charge < -0.3 is 15.0 Å². The van der Waals surface area contributed by atoms with Crippen LogP contribution >= 0.6 is 0 Å². The van der Waals surface area contributed by atoms with Crippen LogP contribution in [-0.4, -0.2) is 31.2 Å². The summed E-state index contributed by atoms with van der Waals surface area (Å²) in [6, 6.07) is 6.03. The quantitative estimate of drug-likeness (QED) is 0.658. The lowest BCUT2D eigenvalue weighted by Crippen LogP contribution is -2.25. The van der Waals surface area contributed by atoms with E-state index in [1.54, 1.807) is 7.11 Å². The van der Waals surface area contributed by atoms with E-state index in [2.05, 4.69) is 16.4 Å². The molecular weight excluding hydrogens is 276 g/mol. The Morgan fingerprint density at radius 2 is 2.14 bits per heavy atom. The molecule has 2 aromatic rings. The number of hydrogen-bond donors (Lipinski definition) is 2. The average molecular weight is 300 g/mol. The fraction of sp³-hybridized carbons (Fsp3) is 0.500. The zero-order chi connectivity index (χ0) is 15.4. The third-order valence-corrected chi connectivity index (χ3v) is 4.44. The van der Waals surface area contributed by atoms with E-state index in [1.807, 2.05) is 12.1 Å². The lowest BCUT2D eigenvalue weighted by atomic mass is 10.0. The van der Waals surface area contributed by atoms with Crippen molar-refractivity contribution >= 4 is 16.8 Å². The molecule has 0 aliphatic heterocycles. The smallest absolute Gasteiger partial charge is 0.253 e. The van der Waals surface area contributed by atoms with E-state index in [1.165, 1.54) is 35.9 Å². The van der Waals surface area contributed by atoms with Crippen molar-refractivity contribution in [2.24, 2.45) is 0 Å². The lowest BCUT2D eigenvalue weighted by Gasteiger charge is -2.06. The fourth-order valence-electron chi connectivity index (χ4n) is 3.31. The minimum absolute atomic E-state index is 0.00175. The van der Waals surface area contributed by atoms with Crippen molar-refractivity contribution in [3.63, 3.8) is 0 Å². The molecule has 1 amide bonds. The van der Waals surface area contributed by atoms with E-state index < -0.39 is 0 Å². The zero-order valence-corrected chi connectivity index (χ0v) is 13.2. The van der Waals surface area contributed by atoms with Crippen molar-refractivity contribution in [2.75, 3.05) is 20.3 Å². The van der Waals surface area contributed by atoms with Crippen molar-refractivity contribution in [2.45, 2.75) is 38.5 Å². The molecule has 118 valence electrons. The number of aromatic nitrogens is 1. The van der Waals surface area contributed by atoms with Crippen LogP contribution < -0.4 is 5.32 Å². The third-order valence-electron chi connectivity index (χ3n) is 4.44. The number of para-hydroxylation sites is 1. The molecule has 0 spiro atoms. The maximum absolute atomic E-state index is 12.4. The third kappa shape index (κ3) is 3.02. The van der Waals surface area contributed by atoms with Gasteiger partial charge in [0.25, 0.3) is 5.91 Å². The van der Waals surface area contributed by atoms with E-state index in [9.17, 15) is 4.79 Å². The number of rotatable bonds is 5. The SMILES string of the molecule is COCCCNC(=O)c1cccc2c3c([nH]c12)CCCCC3. The predicted molar refractivity (Wildman–Crippen MR) is 88.4 cm³/mol. The van der Waals surface area contributed by atoms with Crippen LogP contribution in [0.15, 0.2) is 18.2 Å². The largest absolute Gasteiger partial charge is 0.385 e. The van der Waals surface area contributed by atoms with Crippen LogP contribution in [-0.2, 0) is 17.6 Å². The summed E-state index contributed by atoms with van der Waals surface area (Å²) in [5.41, 5.74) is 4.50. The number of amides is 1. The van der Waals surface area contributed by atoms with Crippen LogP contribution in [0.4, 0.5) is 0 Å². The van der Waals surface area contributed by atoms with Crippen molar-refractivity contribution in [1.82, 2.24) is 10.3 Å². The summed E-state index contributed by atoms with van der Waals surface area (Å²) in [6.45, 7) is 1.31. The van der Waals surface area contributed by atoms with Crippen LogP contribution in [0, 0.1) is 0 Å². The first-order valence-electron chi connectivity index (χ1n) is 8.21. The predicted octanol–water partition coefficient (Wildman–Crippen LogP) is 3.20. The number of aromatic amines is 1. The second kappa shape index (κ2) is 6.97. The molecule has 0 fully saturated rings. The van der Waals surface area contributed by atoms with E-state index >= 15 is 0 Å². The molecule has 0 unspecified atom stereocenters. The number of fused-ring (bicyclic) bond motifs is 3. The van der Waals surface area contributed by atoms with Crippen LogP contribution in [0.1, 0.15) is 47.3 Å². The van der Waals surface area contributed by atoms with Crippen LogP contribution in [0.5, 0.6) is 0 Å². The van der Waals surface area contributed by atoms with Gasteiger partial charge in [-0.1, -0.05) is 18.6 Å². The summed E-state index contributed by atoms with van der Waals surface area (Å²) in [5, 5.41) is 4.20. The van der Waals surface area contributed by atoms with Gasteiger partial charge in [-0.2, -0.15) is 0 Å². The Kier molecular flexibility index (Phi) is 4.78. The average Bonchev–Trinajstić information content (AvgIpc) is 2.73. The molecule has 2 N–H and O–H groups in total. The topological polar surface area (TPSA) is 54.1 Å². The Hall–Kier alpha value is -1.81.